The second-order valence-electron chi connectivity index (χ2n) is 11.4. The molecule has 1 aliphatic heterocycles. The molecule has 0 aromatic rings. The molecule has 5 fully saturated rings. The topological polar surface area (TPSA) is 61.8 Å². The first-order valence-corrected chi connectivity index (χ1v) is 12.2. The Morgan fingerprint density at radius 3 is 2.43 bits per heavy atom. The maximum Gasteiger partial charge on any atom is 0.302 e. The van der Waals surface area contributed by atoms with E-state index in [2.05, 4.69) is 13.8 Å². The molecular formula is C25H38O5. The summed E-state index contributed by atoms with van der Waals surface area (Å²) in [5.74, 6) is 2.59. The minimum Gasteiger partial charge on any atom is -0.463 e. The molecule has 1 saturated heterocycles. The van der Waals surface area contributed by atoms with E-state index in [1.54, 1.807) is 6.92 Å². The van der Waals surface area contributed by atoms with Gasteiger partial charge in [-0.2, -0.15) is 0 Å². The summed E-state index contributed by atoms with van der Waals surface area (Å²) in [5.41, 5.74) is 0.364. The Balaban J connectivity index is 1.47. The van der Waals surface area contributed by atoms with Crippen LogP contribution in [0, 0.1) is 40.4 Å². The zero-order valence-electron chi connectivity index (χ0n) is 19.0. The second-order valence-corrected chi connectivity index (χ2v) is 11.4. The van der Waals surface area contributed by atoms with Crippen LogP contribution in [0.5, 0.6) is 0 Å². The van der Waals surface area contributed by atoms with Crippen LogP contribution in [0.3, 0.4) is 0 Å². The third-order valence-corrected chi connectivity index (χ3v) is 10.2. The number of fused-ring (bicyclic) bond motifs is 4. The van der Waals surface area contributed by atoms with Gasteiger partial charge in [0.2, 0.25) is 0 Å². The average molecular weight is 419 g/mol. The highest BCUT2D eigenvalue weighted by atomic mass is 16.5. The van der Waals surface area contributed by atoms with Gasteiger partial charge < -0.3 is 14.2 Å². The van der Waals surface area contributed by atoms with Crippen molar-refractivity contribution in [3.05, 3.63) is 0 Å². The van der Waals surface area contributed by atoms with E-state index in [1.165, 1.54) is 32.6 Å². The molecule has 5 nitrogen and oxygen atoms in total. The minimum atomic E-state index is -0.165. The van der Waals surface area contributed by atoms with Crippen LogP contribution in [0.15, 0.2) is 0 Å². The second kappa shape index (κ2) is 7.21. The first-order valence-electron chi connectivity index (χ1n) is 12.2. The largest absolute Gasteiger partial charge is 0.463 e. The van der Waals surface area contributed by atoms with Crippen LogP contribution < -0.4 is 0 Å². The van der Waals surface area contributed by atoms with E-state index < -0.39 is 0 Å². The summed E-state index contributed by atoms with van der Waals surface area (Å²) in [6, 6.07) is 0. The predicted molar refractivity (Wildman–Crippen MR) is 111 cm³/mol. The molecule has 1 heterocycles. The summed E-state index contributed by atoms with van der Waals surface area (Å²) in [6.07, 6.45) is 9.30. The summed E-state index contributed by atoms with van der Waals surface area (Å²) in [5, 5.41) is 0. The number of rotatable bonds is 2. The molecule has 1 spiro atoms. The lowest BCUT2D eigenvalue weighted by Crippen LogP contribution is -2.60. The first-order chi connectivity index (χ1) is 14.2. The first kappa shape index (κ1) is 20.8. The lowest BCUT2D eigenvalue weighted by atomic mass is 9.43. The van der Waals surface area contributed by atoms with Gasteiger partial charge in [-0.3, -0.25) is 9.59 Å². The Bertz CT molecular complexity index is 720. The van der Waals surface area contributed by atoms with E-state index in [-0.39, 0.29) is 35.0 Å². The van der Waals surface area contributed by atoms with Crippen molar-refractivity contribution >= 4 is 11.9 Å². The van der Waals surface area contributed by atoms with E-state index in [4.69, 9.17) is 14.2 Å². The molecule has 0 amide bonds. The van der Waals surface area contributed by atoms with E-state index in [0.717, 1.165) is 32.3 Å². The molecule has 5 heteroatoms. The number of hydrogen-bond donors (Lipinski definition) is 0. The van der Waals surface area contributed by atoms with Crippen molar-refractivity contribution < 1.29 is 23.8 Å². The Morgan fingerprint density at radius 2 is 1.70 bits per heavy atom. The van der Waals surface area contributed by atoms with Crippen LogP contribution in [0.4, 0.5) is 0 Å². The van der Waals surface area contributed by atoms with Crippen LogP contribution in [0.1, 0.15) is 79.1 Å². The fourth-order valence-corrected chi connectivity index (χ4v) is 9.18. The molecule has 4 aliphatic carbocycles. The van der Waals surface area contributed by atoms with Crippen LogP contribution in [-0.2, 0) is 23.8 Å². The van der Waals surface area contributed by atoms with Crippen molar-refractivity contribution in [3.8, 4) is 0 Å². The van der Waals surface area contributed by atoms with Crippen LogP contribution >= 0.6 is 0 Å². The fourth-order valence-electron chi connectivity index (χ4n) is 9.18. The quantitative estimate of drug-likeness (QED) is 0.617. The van der Waals surface area contributed by atoms with E-state index >= 15 is 0 Å². The molecule has 5 rings (SSSR count). The lowest BCUT2D eigenvalue weighted by Gasteiger charge is -2.62. The van der Waals surface area contributed by atoms with Crippen molar-refractivity contribution in [1.29, 1.82) is 0 Å². The summed E-state index contributed by atoms with van der Waals surface area (Å²) >= 11 is 0. The van der Waals surface area contributed by atoms with E-state index in [9.17, 15) is 9.59 Å². The molecule has 30 heavy (non-hydrogen) atoms. The fraction of sp³-hybridized carbons (Fsp3) is 0.920. The van der Waals surface area contributed by atoms with Crippen molar-refractivity contribution in [2.45, 2.75) is 97.4 Å². The van der Waals surface area contributed by atoms with Crippen molar-refractivity contribution in [2.24, 2.45) is 40.4 Å². The van der Waals surface area contributed by atoms with Gasteiger partial charge in [0.25, 0.3) is 0 Å². The van der Waals surface area contributed by atoms with Crippen molar-refractivity contribution in [3.63, 3.8) is 0 Å². The van der Waals surface area contributed by atoms with Gasteiger partial charge in [-0.1, -0.05) is 6.92 Å². The van der Waals surface area contributed by atoms with Gasteiger partial charge >= 0.3 is 11.9 Å². The number of carbonyl (C=O) groups is 2. The minimum absolute atomic E-state index is 0.00340. The predicted octanol–water partition coefficient (Wildman–Crippen LogP) is 4.52. The molecule has 0 aromatic carbocycles. The highest BCUT2D eigenvalue weighted by molar-refractivity contribution is 5.66. The summed E-state index contributed by atoms with van der Waals surface area (Å²) in [6.45, 7) is 8.62. The Hall–Kier alpha value is -1.10. The molecule has 10 atom stereocenters. The number of ether oxygens (including phenoxy) is 3. The van der Waals surface area contributed by atoms with Gasteiger partial charge in [-0.05, 0) is 87.4 Å². The molecule has 4 saturated carbocycles. The molecule has 0 radical (unpaired) electrons. The third-order valence-electron chi connectivity index (χ3n) is 10.2. The maximum atomic E-state index is 12.2. The normalized spacial score (nSPS) is 51.9. The zero-order chi connectivity index (χ0) is 21.3. The van der Waals surface area contributed by atoms with Crippen LogP contribution in [0.25, 0.3) is 0 Å². The molecule has 0 aromatic heterocycles. The van der Waals surface area contributed by atoms with Crippen LogP contribution in [-0.4, -0.2) is 36.9 Å². The number of carbonyl (C=O) groups excluding carboxylic acids is 2. The van der Waals surface area contributed by atoms with Gasteiger partial charge in [0.15, 0.2) is 0 Å². The maximum absolute atomic E-state index is 12.2. The lowest BCUT2D eigenvalue weighted by molar-refractivity contribution is -0.201. The van der Waals surface area contributed by atoms with E-state index in [0.29, 0.717) is 35.7 Å². The van der Waals surface area contributed by atoms with Gasteiger partial charge in [-0.25, -0.2) is 0 Å². The molecule has 0 bridgehead atoms. The van der Waals surface area contributed by atoms with Gasteiger partial charge in [-0.15, -0.1) is 0 Å². The summed E-state index contributed by atoms with van der Waals surface area (Å²) < 4.78 is 17.9. The summed E-state index contributed by atoms with van der Waals surface area (Å²) in [4.78, 5) is 23.7. The highest BCUT2D eigenvalue weighted by Crippen LogP contribution is 2.69. The standard InChI is InChI=1S/C25H38O5/c1-14-20-7-8-21-19-6-5-17-11-18(29-15(2)26)9-10-24(17,4)23(19)22(30-16(3)27)12-25(20,21)13-28-14/h14,17-23H,5-13H2,1-4H3/t14?,17-,18-,19-,20?,21-,22+,23+,24-,25-/m0/s1. The van der Waals surface area contributed by atoms with Crippen molar-refractivity contribution in [2.75, 3.05) is 6.61 Å². The van der Waals surface area contributed by atoms with Gasteiger partial charge in [0.05, 0.1) is 12.7 Å². The zero-order valence-corrected chi connectivity index (χ0v) is 19.0. The van der Waals surface area contributed by atoms with Crippen molar-refractivity contribution in [1.82, 2.24) is 0 Å². The van der Waals surface area contributed by atoms with Gasteiger partial charge in [0.1, 0.15) is 12.2 Å². The molecule has 2 unspecified atom stereocenters. The molecule has 168 valence electrons. The SMILES string of the molecule is CC(=O)O[C@H]1CC[C@@]2(C)[C@@H](CC[C@@H]3[C@@H]2[C@H](OC(C)=O)C[C@]24COC(C)C2CC[C@@H]34)C1. The summed E-state index contributed by atoms with van der Waals surface area (Å²) in [7, 11) is 0. The van der Waals surface area contributed by atoms with E-state index in [1.807, 2.05) is 0 Å². The monoisotopic (exact) mass is 418 g/mol. The Morgan fingerprint density at radius 1 is 0.967 bits per heavy atom. The average Bonchev–Trinajstić information content (AvgIpc) is 3.18. The molecule has 5 aliphatic rings. The third kappa shape index (κ3) is 2.97. The molecular weight excluding hydrogens is 380 g/mol. The smallest absolute Gasteiger partial charge is 0.302 e. The number of esters is 2. The van der Waals surface area contributed by atoms with Gasteiger partial charge in [0, 0.05) is 25.2 Å². The molecule has 0 N–H and O–H groups in total. The Kier molecular flexibility index (Phi) is 5.00. The Labute approximate surface area is 180 Å². The van der Waals surface area contributed by atoms with Crippen LogP contribution in [0.2, 0.25) is 0 Å². The number of hydrogen-bond acceptors (Lipinski definition) is 5. The highest BCUT2D eigenvalue weighted by Gasteiger charge is 2.67.